The van der Waals surface area contributed by atoms with Gasteiger partial charge >= 0.3 is 0 Å². The lowest BCUT2D eigenvalue weighted by Gasteiger charge is -2.35. The molecule has 0 bridgehead atoms. The Morgan fingerprint density at radius 1 is 1.41 bits per heavy atom. The van der Waals surface area contributed by atoms with Crippen molar-refractivity contribution in [3.63, 3.8) is 0 Å². The van der Waals surface area contributed by atoms with Crippen LogP contribution in [0, 0.1) is 0 Å². The Morgan fingerprint density at radius 3 is 3.00 bits per heavy atom. The Kier molecular flexibility index (Phi) is 4.21. The first-order valence-electron chi connectivity index (χ1n) is 8.07. The van der Waals surface area contributed by atoms with E-state index in [4.69, 9.17) is 9.57 Å². The minimum Gasteiger partial charge on any atom is -0.399 e. The molecular weight excluding hydrogens is 276 g/mol. The van der Waals surface area contributed by atoms with Gasteiger partial charge in [0.1, 0.15) is 12.7 Å². The maximum Gasteiger partial charge on any atom is 0.113 e. The van der Waals surface area contributed by atoms with Crippen molar-refractivity contribution in [3.05, 3.63) is 35.0 Å². The molecule has 0 spiro atoms. The second kappa shape index (κ2) is 6.13. The molecule has 1 N–H and O–H groups in total. The van der Waals surface area contributed by atoms with Crippen molar-refractivity contribution in [1.82, 2.24) is 4.98 Å². The number of nitrogens with one attached hydrogen (secondary N) is 1. The van der Waals surface area contributed by atoms with Crippen LogP contribution < -0.4 is 0 Å². The van der Waals surface area contributed by atoms with Gasteiger partial charge in [-0.2, -0.15) is 0 Å². The van der Waals surface area contributed by atoms with Crippen LogP contribution in [-0.2, 0) is 28.0 Å². The summed E-state index contributed by atoms with van der Waals surface area (Å²) in [6.45, 7) is 5.12. The molecule has 1 aliphatic rings. The molecule has 2 aromatic rings. The Balaban J connectivity index is 2.14. The van der Waals surface area contributed by atoms with E-state index in [1.165, 1.54) is 27.7 Å². The molecule has 3 rings (SSSR count). The second-order valence-electron chi connectivity index (χ2n) is 5.79. The SMILES string of the molecule is CCc1cccc2c3c([nH]c12)C(CC)(CC=NOC)OCC3. The van der Waals surface area contributed by atoms with Gasteiger partial charge in [-0.15, -0.1) is 0 Å². The molecule has 1 aromatic heterocycles. The Hall–Kier alpha value is -1.81. The lowest BCUT2D eigenvalue weighted by Crippen LogP contribution is -2.35. The highest BCUT2D eigenvalue weighted by atomic mass is 16.6. The molecular formula is C18H24N2O2. The largest absolute Gasteiger partial charge is 0.399 e. The van der Waals surface area contributed by atoms with Crippen LogP contribution in [0.1, 0.15) is 43.5 Å². The van der Waals surface area contributed by atoms with Crippen molar-refractivity contribution in [3.8, 4) is 0 Å². The average Bonchev–Trinajstić information content (AvgIpc) is 2.95. The number of H-pyrrole nitrogens is 1. The van der Waals surface area contributed by atoms with Gasteiger partial charge in [-0.25, -0.2) is 0 Å². The summed E-state index contributed by atoms with van der Waals surface area (Å²) in [6, 6.07) is 6.58. The van der Waals surface area contributed by atoms with Gasteiger partial charge in [-0.1, -0.05) is 37.2 Å². The minimum absolute atomic E-state index is 0.320. The fourth-order valence-corrected chi connectivity index (χ4v) is 3.54. The number of aromatic nitrogens is 1. The van der Waals surface area contributed by atoms with Crippen molar-refractivity contribution in [2.45, 2.75) is 45.1 Å². The first kappa shape index (κ1) is 15.1. The van der Waals surface area contributed by atoms with Crippen molar-refractivity contribution in [2.75, 3.05) is 13.7 Å². The number of para-hydroxylation sites is 1. The lowest BCUT2D eigenvalue weighted by molar-refractivity contribution is -0.0601. The van der Waals surface area contributed by atoms with Crippen molar-refractivity contribution in [2.24, 2.45) is 5.16 Å². The molecule has 0 saturated carbocycles. The number of nitrogens with zero attached hydrogens (tertiary/aromatic N) is 1. The summed E-state index contributed by atoms with van der Waals surface area (Å²) in [5.74, 6) is 0. The number of ether oxygens (including phenoxy) is 1. The smallest absolute Gasteiger partial charge is 0.113 e. The number of rotatable bonds is 5. The maximum atomic E-state index is 6.21. The summed E-state index contributed by atoms with van der Waals surface area (Å²) in [5.41, 5.74) is 4.94. The summed E-state index contributed by atoms with van der Waals surface area (Å²) < 4.78 is 6.21. The van der Waals surface area contributed by atoms with Gasteiger partial charge in [0, 0.05) is 23.5 Å². The van der Waals surface area contributed by atoms with E-state index in [0.717, 1.165) is 32.3 Å². The number of aromatic amines is 1. The molecule has 0 fully saturated rings. The number of hydrogen-bond donors (Lipinski definition) is 1. The third-order valence-electron chi connectivity index (χ3n) is 4.77. The maximum absolute atomic E-state index is 6.21. The normalized spacial score (nSPS) is 21.4. The van der Waals surface area contributed by atoms with Crippen LogP contribution in [0.15, 0.2) is 23.4 Å². The van der Waals surface area contributed by atoms with Crippen molar-refractivity contribution < 1.29 is 9.57 Å². The Bertz CT molecular complexity index is 690. The average molecular weight is 300 g/mol. The van der Waals surface area contributed by atoms with Gasteiger partial charge in [0.2, 0.25) is 0 Å². The van der Waals surface area contributed by atoms with Gasteiger partial charge < -0.3 is 14.6 Å². The molecule has 1 unspecified atom stereocenters. The van der Waals surface area contributed by atoms with E-state index in [-0.39, 0.29) is 5.60 Å². The number of fused-ring (bicyclic) bond motifs is 3. The van der Waals surface area contributed by atoms with Crippen LogP contribution in [0.2, 0.25) is 0 Å². The molecule has 0 saturated heterocycles. The molecule has 4 nitrogen and oxygen atoms in total. The highest BCUT2D eigenvalue weighted by Gasteiger charge is 2.38. The standard InChI is InChI=1S/C18H24N2O2/c1-4-13-7-6-8-14-15-9-12-22-18(5-2,10-11-19-21-3)17(15)20-16(13)14/h6-8,11,20H,4-5,9-10,12H2,1-3H3. The second-order valence-corrected chi connectivity index (χ2v) is 5.79. The highest BCUT2D eigenvalue weighted by molar-refractivity contribution is 5.88. The van der Waals surface area contributed by atoms with E-state index in [1.54, 1.807) is 7.11 Å². The number of hydrogen-bond acceptors (Lipinski definition) is 3. The summed E-state index contributed by atoms with van der Waals surface area (Å²) in [5, 5.41) is 5.25. The van der Waals surface area contributed by atoms with E-state index in [1.807, 2.05) is 6.21 Å². The van der Waals surface area contributed by atoms with E-state index in [2.05, 4.69) is 42.2 Å². The van der Waals surface area contributed by atoms with Crippen LogP contribution >= 0.6 is 0 Å². The third kappa shape index (κ3) is 2.31. The fraction of sp³-hybridized carbons (Fsp3) is 0.500. The van der Waals surface area contributed by atoms with Crippen LogP contribution in [0.25, 0.3) is 10.9 Å². The zero-order chi connectivity index (χ0) is 15.6. The first-order chi connectivity index (χ1) is 10.8. The first-order valence-corrected chi connectivity index (χ1v) is 8.07. The van der Waals surface area contributed by atoms with E-state index in [9.17, 15) is 0 Å². The van der Waals surface area contributed by atoms with E-state index >= 15 is 0 Å². The van der Waals surface area contributed by atoms with Crippen molar-refractivity contribution in [1.29, 1.82) is 0 Å². The van der Waals surface area contributed by atoms with Gasteiger partial charge in [-0.3, -0.25) is 0 Å². The number of benzene rings is 1. The number of aryl methyl sites for hydroxylation is 1. The monoisotopic (exact) mass is 300 g/mol. The zero-order valence-electron chi connectivity index (χ0n) is 13.6. The van der Waals surface area contributed by atoms with E-state index in [0.29, 0.717) is 0 Å². The Labute approximate surface area is 131 Å². The topological polar surface area (TPSA) is 46.6 Å². The van der Waals surface area contributed by atoms with Gasteiger partial charge in [0.15, 0.2) is 0 Å². The van der Waals surface area contributed by atoms with Gasteiger partial charge in [0.05, 0.1) is 12.3 Å². The molecule has 118 valence electrons. The van der Waals surface area contributed by atoms with Crippen LogP contribution in [0.3, 0.4) is 0 Å². The molecule has 22 heavy (non-hydrogen) atoms. The fourth-order valence-electron chi connectivity index (χ4n) is 3.54. The minimum atomic E-state index is -0.320. The lowest BCUT2D eigenvalue weighted by atomic mass is 9.86. The van der Waals surface area contributed by atoms with Crippen LogP contribution in [0.5, 0.6) is 0 Å². The van der Waals surface area contributed by atoms with Gasteiger partial charge in [-0.05, 0) is 30.4 Å². The summed E-state index contributed by atoms with van der Waals surface area (Å²) in [6.07, 6.45) is 5.43. The quantitative estimate of drug-likeness (QED) is 0.672. The molecule has 1 aromatic carbocycles. The third-order valence-corrected chi connectivity index (χ3v) is 4.77. The zero-order valence-corrected chi connectivity index (χ0v) is 13.6. The van der Waals surface area contributed by atoms with Crippen molar-refractivity contribution >= 4 is 17.1 Å². The van der Waals surface area contributed by atoms with E-state index < -0.39 is 0 Å². The molecule has 2 heterocycles. The molecule has 0 amide bonds. The van der Waals surface area contributed by atoms with Crippen LogP contribution in [0.4, 0.5) is 0 Å². The van der Waals surface area contributed by atoms with Gasteiger partial charge in [0.25, 0.3) is 0 Å². The molecule has 0 radical (unpaired) electrons. The predicted molar refractivity (Wildman–Crippen MR) is 89.4 cm³/mol. The summed E-state index contributed by atoms with van der Waals surface area (Å²) in [7, 11) is 1.57. The summed E-state index contributed by atoms with van der Waals surface area (Å²) >= 11 is 0. The molecule has 0 aliphatic carbocycles. The molecule has 1 atom stereocenters. The summed E-state index contributed by atoms with van der Waals surface area (Å²) in [4.78, 5) is 8.49. The molecule has 4 heteroatoms. The Morgan fingerprint density at radius 2 is 2.27 bits per heavy atom. The number of oxime groups is 1. The highest BCUT2D eigenvalue weighted by Crippen LogP contribution is 2.41. The van der Waals surface area contributed by atoms with Crippen LogP contribution in [-0.4, -0.2) is 24.9 Å². The molecule has 1 aliphatic heterocycles. The predicted octanol–water partition coefficient (Wildman–Crippen LogP) is 3.93.